The van der Waals surface area contributed by atoms with Crippen LogP contribution in [0.3, 0.4) is 0 Å². The van der Waals surface area contributed by atoms with E-state index >= 15 is 0 Å². The highest BCUT2D eigenvalue weighted by atomic mass is 16.5. The van der Waals surface area contributed by atoms with Crippen molar-refractivity contribution in [3.8, 4) is 5.75 Å². The highest BCUT2D eigenvalue weighted by Gasteiger charge is 2.27. The summed E-state index contributed by atoms with van der Waals surface area (Å²) in [6.07, 6.45) is 2.18. The Morgan fingerprint density at radius 1 is 1.06 bits per heavy atom. The second-order valence-electron chi connectivity index (χ2n) is 8.08. The molecule has 1 saturated heterocycles. The van der Waals surface area contributed by atoms with Crippen molar-refractivity contribution < 1.29 is 19.1 Å². The summed E-state index contributed by atoms with van der Waals surface area (Å²) in [7, 11) is 3.58. The number of carbonyl (C=O) groups excluding carboxylic acids is 2. The maximum absolute atomic E-state index is 12.9. The Morgan fingerprint density at radius 2 is 1.81 bits per heavy atom. The Labute approximate surface area is 182 Å². The van der Waals surface area contributed by atoms with Gasteiger partial charge in [0.05, 0.1) is 32.4 Å². The SMILES string of the molecule is COc1ccc(CC(=O)N2CCc3c(c(CCC(=O)N4CCOCC4)nn3C)C2)cc1. The molecule has 0 bridgehead atoms. The molecule has 8 nitrogen and oxygen atoms in total. The molecule has 2 aliphatic heterocycles. The molecule has 0 N–H and O–H groups in total. The Balaban J connectivity index is 1.39. The van der Waals surface area contributed by atoms with Crippen LogP contribution in [0.2, 0.25) is 0 Å². The molecule has 1 aromatic heterocycles. The summed E-state index contributed by atoms with van der Waals surface area (Å²) in [6.45, 7) is 3.78. The van der Waals surface area contributed by atoms with E-state index in [1.165, 1.54) is 5.69 Å². The van der Waals surface area contributed by atoms with Crippen molar-refractivity contribution in [3.05, 3.63) is 46.8 Å². The van der Waals surface area contributed by atoms with Crippen LogP contribution in [-0.2, 0) is 47.2 Å². The summed E-state index contributed by atoms with van der Waals surface area (Å²) >= 11 is 0. The van der Waals surface area contributed by atoms with Crippen LogP contribution in [-0.4, -0.2) is 71.4 Å². The number of carbonyl (C=O) groups is 2. The van der Waals surface area contributed by atoms with E-state index in [9.17, 15) is 9.59 Å². The maximum Gasteiger partial charge on any atom is 0.227 e. The zero-order valence-corrected chi connectivity index (χ0v) is 18.3. The highest BCUT2D eigenvalue weighted by molar-refractivity contribution is 5.79. The molecule has 0 spiro atoms. The highest BCUT2D eigenvalue weighted by Crippen LogP contribution is 2.24. The lowest BCUT2D eigenvalue weighted by Crippen LogP contribution is -2.40. The standard InChI is InChI=1S/C23H30N4O4/c1-25-21-9-10-27(23(29)15-17-3-5-18(30-2)6-4-17)16-19(21)20(24-25)7-8-22(28)26-11-13-31-14-12-26/h3-6H,7-16H2,1-2H3. The first-order chi connectivity index (χ1) is 15.0. The minimum absolute atomic E-state index is 0.106. The lowest BCUT2D eigenvalue weighted by molar-refractivity contribution is -0.135. The van der Waals surface area contributed by atoms with Gasteiger partial charge in [0.1, 0.15) is 5.75 Å². The van der Waals surface area contributed by atoms with Crippen LogP contribution in [0, 0.1) is 0 Å². The summed E-state index contributed by atoms with van der Waals surface area (Å²) in [5, 5.41) is 4.68. The molecule has 1 fully saturated rings. The number of morpholine rings is 1. The van der Waals surface area contributed by atoms with Gasteiger partial charge in [-0.05, 0) is 17.7 Å². The number of fused-ring (bicyclic) bond motifs is 1. The average molecular weight is 427 g/mol. The molecule has 1 aromatic carbocycles. The quantitative estimate of drug-likeness (QED) is 0.697. The Morgan fingerprint density at radius 3 is 2.52 bits per heavy atom. The Bertz CT molecular complexity index is 932. The lowest BCUT2D eigenvalue weighted by atomic mass is 10.0. The van der Waals surface area contributed by atoms with Crippen molar-refractivity contribution in [1.29, 1.82) is 0 Å². The topological polar surface area (TPSA) is 76.9 Å². The van der Waals surface area contributed by atoms with Crippen molar-refractivity contribution in [2.75, 3.05) is 40.0 Å². The summed E-state index contributed by atoms with van der Waals surface area (Å²) in [4.78, 5) is 29.2. The van der Waals surface area contributed by atoms with Crippen LogP contribution in [0.5, 0.6) is 5.75 Å². The van der Waals surface area contributed by atoms with Crippen molar-refractivity contribution in [2.24, 2.45) is 7.05 Å². The molecular weight excluding hydrogens is 396 g/mol. The zero-order valence-electron chi connectivity index (χ0n) is 18.3. The molecule has 2 aliphatic rings. The Hall–Kier alpha value is -2.87. The van der Waals surface area contributed by atoms with Gasteiger partial charge < -0.3 is 19.3 Å². The number of hydrogen-bond acceptors (Lipinski definition) is 5. The van der Waals surface area contributed by atoms with Gasteiger partial charge in [-0.1, -0.05) is 12.1 Å². The number of methoxy groups -OCH3 is 1. The summed E-state index contributed by atoms with van der Waals surface area (Å²) < 4.78 is 12.4. The third-order valence-corrected chi connectivity index (χ3v) is 6.13. The molecular formula is C23H30N4O4. The molecule has 3 heterocycles. The van der Waals surface area contributed by atoms with Crippen LogP contribution in [0.25, 0.3) is 0 Å². The number of amides is 2. The number of nitrogens with zero attached hydrogens (tertiary/aromatic N) is 4. The third-order valence-electron chi connectivity index (χ3n) is 6.13. The van der Waals surface area contributed by atoms with Gasteiger partial charge in [-0.15, -0.1) is 0 Å². The van der Waals surface area contributed by atoms with Crippen molar-refractivity contribution >= 4 is 11.8 Å². The molecule has 0 unspecified atom stereocenters. The molecule has 166 valence electrons. The fourth-order valence-electron chi connectivity index (χ4n) is 4.31. The number of hydrogen-bond donors (Lipinski definition) is 0. The van der Waals surface area contributed by atoms with Gasteiger partial charge in [0.25, 0.3) is 0 Å². The number of aromatic nitrogens is 2. The van der Waals surface area contributed by atoms with E-state index in [4.69, 9.17) is 9.47 Å². The normalized spacial score (nSPS) is 16.2. The molecule has 0 saturated carbocycles. The first-order valence-electron chi connectivity index (χ1n) is 10.8. The minimum atomic E-state index is 0.106. The Kier molecular flexibility index (Phi) is 6.56. The fourth-order valence-corrected chi connectivity index (χ4v) is 4.31. The predicted octanol–water partition coefficient (Wildman–Crippen LogP) is 1.35. The maximum atomic E-state index is 12.9. The molecule has 8 heteroatoms. The van der Waals surface area contributed by atoms with E-state index in [-0.39, 0.29) is 11.8 Å². The van der Waals surface area contributed by atoms with E-state index in [1.807, 2.05) is 45.8 Å². The third kappa shape index (κ3) is 4.90. The van der Waals surface area contributed by atoms with E-state index < -0.39 is 0 Å². The van der Waals surface area contributed by atoms with Crippen molar-refractivity contribution in [3.63, 3.8) is 0 Å². The van der Waals surface area contributed by atoms with E-state index in [2.05, 4.69) is 5.10 Å². The molecule has 2 aromatic rings. The summed E-state index contributed by atoms with van der Waals surface area (Å²) in [6, 6.07) is 7.61. The largest absolute Gasteiger partial charge is 0.497 e. The second kappa shape index (κ2) is 9.51. The number of benzene rings is 1. The average Bonchev–Trinajstić information content (AvgIpc) is 3.13. The summed E-state index contributed by atoms with van der Waals surface area (Å²) in [5.74, 6) is 1.03. The molecule has 0 atom stereocenters. The predicted molar refractivity (Wildman–Crippen MR) is 115 cm³/mol. The second-order valence-corrected chi connectivity index (χ2v) is 8.08. The number of aryl methyl sites for hydroxylation is 2. The van der Waals surface area contributed by atoms with Gasteiger partial charge in [0.2, 0.25) is 11.8 Å². The molecule has 4 rings (SSSR count). The van der Waals surface area contributed by atoms with Gasteiger partial charge in [-0.2, -0.15) is 5.10 Å². The zero-order chi connectivity index (χ0) is 21.8. The van der Waals surface area contributed by atoms with Gasteiger partial charge in [-0.3, -0.25) is 14.3 Å². The van der Waals surface area contributed by atoms with Gasteiger partial charge in [0, 0.05) is 63.7 Å². The van der Waals surface area contributed by atoms with Crippen LogP contribution in [0.1, 0.15) is 28.9 Å². The van der Waals surface area contributed by atoms with Crippen molar-refractivity contribution in [1.82, 2.24) is 19.6 Å². The van der Waals surface area contributed by atoms with Crippen LogP contribution in [0.4, 0.5) is 0 Å². The smallest absolute Gasteiger partial charge is 0.227 e. The van der Waals surface area contributed by atoms with Gasteiger partial charge in [0.15, 0.2) is 0 Å². The molecule has 31 heavy (non-hydrogen) atoms. The molecule has 0 aliphatic carbocycles. The summed E-state index contributed by atoms with van der Waals surface area (Å²) in [5.41, 5.74) is 4.18. The van der Waals surface area contributed by atoms with Gasteiger partial charge >= 0.3 is 0 Å². The number of ether oxygens (including phenoxy) is 2. The van der Waals surface area contributed by atoms with Crippen molar-refractivity contribution in [2.45, 2.75) is 32.2 Å². The van der Waals surface area contributed by atoms with Crippen LogP contribution < -0.4 is 4.74 Å². The fraction of sp³-hybridized carbons (Fsp3) is 0.522. The lowest BCUT2D eigenvalue weighted by Gasteiger charge is -2.28. The molecule has 2 amide bonds. The first kappa shape index (κ1) is 21.4. The van der Waals surface area contributed by atoms with E-state index in [0.29, 0.717) is 58.7 Å². The first-order valence-corrected chi connectivity index (χ1v) is 10.8. The molecule has 0 radical (unpaired) electrons. The van der Waals surface area contributed by atoms with E-state index in [0.717, 1.165) is 29.0 Å². The number of rotatable bonds is 6. The van der Waals surface area contributed by atoms with E-state index in [1.54, 1.807) is 7.11 Å². The van der Waals surface area contributed by atoms with Crippen LogP contribution >= 0.6 is 0 Å². The van der Waals surface area contributed by atoms with Crippen LogP contribution in [0.15, 0.2) is 24.3 Å². The minimum Gasteiger partial charge on any atom is -0.497 e. The monoisotopic (exact) mass is 426 g/mol. The van der Waals surface area contributed by atoms with Gasteiger partial charge in [-0.25, -0.2) is 0 Å².